The number of aromatic nitrogens is 4. The molecule has 17 heavy (non-hydrogen) atoms. The molecule has 0 amide bonds. The Kier molecular flexibility index (Phi) is 3.22. The average Bonchev–Trinajstić information content (AvgIpc) is 2.50. The van der Waals surface area contributed by atoms with Gasteiger partial charge in [0.05, 0.1) is 23.5 Å². The summed E-state index contributed by atoms with van der Waals surface area (Å²) in [5, 5.41) is 5.09. The molecule has 0 N–H and O–H groups in total. The minimum absolute atomic E-state index is 0.310. The molecule has 0 saturated carbocycles. The van der Waals surface area contributed by atoms with Crippen molar-refractivity contribution < 1.29 is 0 Å². The quantitative estimate of drug-likeness (QED) is 0.835. The van der Waals surface area contributed by atoms with E-state index in [1.54, 1.807) is 11.7 Å². The Bertz CT molecular complexity index is 617. The molecular weight excluding hydrogens is 263 g/mol. The van der Waals surface area contributed by atoms with E-state index in [0.717, 1.165) is 11.3 Å². The van der Waals surface area contributed by atoms with Crippen LogP contribution >= 0.6 is 23.2 Å². The zero-order valence-corrected chi connectivity index (χ0v) is 10.8. The third-order valence-corrected chi connectivity index (χ3v) is 3.09. The molecule has 0 aliphatic rings. The first-order chi connectivity index (χ1) is 7.99. The van der Waals surface area contributed by atoms with Crippen molar-refractivity contribution in [3.63, 3.8) is 0 Å². The minimum Gasteiger partial charge on any atom is -0.293 e. The van der Waals surface area contributed by atoms with E-state index in [1.807, 2.05) is 6.92 Å². The molecule has 2 heterocycles. The first kappa shape index (κ1) is 12.1. The SMILES string of the molecule is Cc1nn(C)c(Cl)c1Cn1cc(Cl)cnc1=O. The van der Waals surface area contributed by atoms with E-state index in [2.05, 4.69) is 10.1 Å². The van der Waals surface area contributed by atoms with Gasteiger partial charge in [0.15, 0.2) is 0 Å². The number of aryl methyl sites for hydroxylation is 2. The van der Waals surface area contributed by atoms with Gasteiger partial charge < -0.3 is 0 Å². The summed E-state index contributed by atoms with van der Waals surface area (Å²) in [5.74, 6) is 0. The van der Waals surface area contributed by atoms with Crippen LogP contribution in [0.4, 0.5) is 0 Å². The highest BCUT2D eigenvalue weighted by Crippen LogP contribution is 2.19. The lowest BCUT2D eigenvalue weighted by molar-refractivity contribution is 0.723. The third-order valence-electron chi connectivity index (χ3n) is 2.42. The Labute approximate surface area is 108 Å². The van der Waals surface area contributed by atoms with Crippen molar-refractivity contribution in [1.29, 1.82) is 0 Å². The lowest BCUT2D eigenvalue weighted by atomic mass is 10.2. The van der Waals surface area contributed by atoms with E-state index >= 15 is 0 Å². The number of nitrogens with zero attached hydrogens (tertiary/aromatic N) is 4. The van der Waals surface area contributed by atoms with Crippen LogP contribution in [0.5, 0.6) is 0 Å². The van der Waals surface area contributed by atoms with Gasteiger partial charge in [-0.15, -0.1) is 0 Å². The number of hydrogen-bond acceptors (Lipinski definition) is 3. The summed E-state index contributed by atoms with van der Waals surface area (Å²) in [7, 11) is 1.75. The molecule has 0 aromatic carbocycles. The molecule has 0 spiro atoms. The summed E-state index contributed by atoms with van der Waals surface area (Å²) in [6, 6.07) is 0. The van der Waals surface area contributed by atoms with Gasteiger partial charge in [-0.05, 0) is 6.92 Å². The van der Waals surface area contributed by atoms with Crippen molar-refractivity contribution >= 4 is 23.2 Å². The number of halogens is 2. The molecule has 2 rings (SSSR count). The summed E-state index contributed by atoms with van der Waals surface area (Å²) in [6.07, 6.45) is 2.84. The van der Waals surface area contributed by atoms with Crippen LogP contribution in [0, 0.1) is 6.92 Å². The van der Waals surface area contributed by atoms with Gasteiger partial charge in [-0.1, -0.05) is 23.2 Å². The molecule has 0 fully saturated rings. The summed E-state index contributed by atoms with van der Waals surface area (Å²) in [6.45, 7) is 2.15. The average molecular weight is 273 g/mol. The Balaban J connectivity index is 2.44. The van der Waals surface area contributed by atoms with Crippen molar-refractivity contribution in [3.05, 3.63) is 44.3 Å². The van der Waals surface area contributed by atoms with Crippen LogP contribution in [0.3, 0.4) is 0 Å². The van der Waals surface area contributed by atoms with Gasteiger partial charge in [0.2, 0.25) is 0 Å². The monoisotopic (exact) mass is 272 g/mol. The van der Waals surface area contributed by atoms with E-state index in [1.165, 1.54) is 17.0 Å². The van der Waals surface area contributed by atoms with Crippen LogP contribution in [-0.4, -0.2) is 19.3 Å². The fourth-order valence-corrected chi connectivity index (χ4v) is 1.97. The maximum absolute atomic E-state index is 11.5. The second kappa shape index (κ2) is 4.50. The molecule has 5 nitrogen and oxygen atoms in total. The number of rotatable bonds is 2. The smallest absolute Gasteiger partial charge is 0.293 e. The molecule has 0 aliphatic heterocycles. The van der Waals surface area contributed by atoms with Gasteiger partial charge in [0.1, 0.15) is 5.15 Å². The fourth-order valence-electron chi connectivity index (χ4n) is 1.57. The molecule has 0 unspecified atom stereocenters. The maximum Gasteiger partial charge on any atom is 0.347 e. The van der Waals surface area contributed by atoms with Gasteiger partial charge in [-0.25, -0.2) is 9.78 Å². The molecule has 2 aromatic heterocycles. The highest BCUT2D eigenvalue weighted by molar-refractivity contribution is 6.30. The Morgan fingerprint density at radius 2 is 2.12 bits per heavy atom. The van der Waals surface area contributed by atoms with E-state index in [0.29, 0.717) is 16.7 Å². The predicted octanol–water partition coefficient (Wildman–Crippen LogP) is 1.64. The van der Waals surface area contributed by atoms with Crippen molar-refractivity contribution in [2.24, 2.45) is 7.05 Å². The molecule has 0 radical (unpaired) electrons. The second-order valence-corrected chi connectivity index (χ2v) is 4.46. The highest BCUT2D eigenvalue weighted by Gasteiger charge is 2.12. The molecule has 90 valence electrons. The highest BCUT2D eigenvalue weighted by atomic mass is 35.5. The fraction of sp³-hybridized carbons (Fsp3) is 0.300. The van der Waals surface area contributed by atoms with Crippen molar-refractivity contribution in [2.45, 2.75) is 13.5 Å². The van der Waals surface area contributed by atoms with Crippen LogP contribution in [-0.2, 0) is 13.6 Å². The zero-order valence-electron chi connectivity index (χ0n) is 9.31. The van der Waals surface area contributed by atoms with Crippen molar-refractivity contribution in [3.8, 4) is 0 Å². The predicted molar refractivity (Wildman–Crippen MR) is 65.6 cm³/mol. The van der Waals surface area contributed by atoms with E-state index < -0.39 is 0 Å². The van der Waals surface area contributed by atoms with E-state index in [4.69, 9.17) is 23.2 Å². The van der Waals surface area contributed by atoms with Crippen LogP contribution in [0.2, 0.25) is 10.2 Å². The molecule has 2 aromatic rings. The normalized spacial score (nSPS) is 10.8. The van der Waals surface area contributed by atoms with Crippen molar-refractivity contribution in [1.82, 2.24) is 19.3 Å². The summed E-state index contributed by atoms with van der Waals surface area (Å²) >= 11 is 11.9. The largest absolute Gasteiger partial charge is 0.347 e. The first-order valence-corrected chi connectivity index (χ1v) is 5.64. The van der Waals surface area contributed by atoms with Crippen LogP contribution in [0.25, 0.3) is 0 Å². The molecule has 0 aliphatic carbocycles. The topological polar surface area (TPSA) is 52.7 Å². The molecule has 0 atom stereocenters. The van der Waals surface area contributed by atoms with Gasteiger partial charge in [-0.2, -0.15) is 5.10 Å². The molecule has 0 saturated heterocycles. The Morgan fingerprint density at radius 3 is 2.71 bits per heavy atom. The summed E-state index contributed by atoms with van der Waals surface area (Å²) in [4.78, 5) is 15.2. The van der Waals surface area contributed by atoms with Gasteiger partial charge in [0.25, 0.3) is 0 Å². The van der Waals surface area contributed by atoms with Crippen LogP contribution in [0.1, 0.15) is 11.3 Å². The van der Waals surface area contributed by atoms with Gasteiger partial charge in [0, 0.05) is 18.8 Å². The van der Waals surface area contributed by atoms with Gasteiger partial charge >= 0.3 is 5.69 Å². The number of hydrogen-bond donors (Lipinski definition) is 0. The van der Waals surface area contributed by atoms with Crippen molar-refractivity contribution in [2.75, 3.05) is 0 Å². The standard InChI is InChI=1S/C10H10Cl2N4O/c1-6-8(9(12)15(2)14-6)5-16-4-7(11)3-13-10(16)17/h3-4H,5H2,1-2H3. The van der Waals surface area contributed by atoms with E-state index in [9.17, 15) is 4.79 Å². The van der Waals surface area contributed by atoms with Crippen LogP contribution in [0.15, 0.2) is 17.2 Å². The summed E-state index contributed by atoms with van der Waals surface area (Å²) in [5.41, 5.74) is 1.21. The third kappa shape index (κ3) is 2.35. The summed E-state index contributed by atoms with van der Waals surface area (Å²) < 4.78 is 2.97. The molecule has 0 bridgehead atoms. The van der Waals surface area contributed by atoms with Crippen LogP contribution < -0.4 is 5.69 Å². The molecule has 7 heteroatoms. The van der Waals surface area contributed by atoms with E-state index in [-0.39, 0.29) is 5.69 Å². The Hall–Kier alpha value is -1.33. The first-order valence-electron chi connectivity index (χ1n) is 4.89. The lowest BCUT2D eigenvalue weighted by Crippen LogP contribution is -2.22. The minimum atomic E-state index is -0.367. The maximum atomic E-state index is 11.5. The zero-order chi connectivity index (χ0) is 12.6. The van der Waals surface area contributed by atoms with Gasteiger partial charge in [-0.3, -0.25) is 9.25 Å². The molecular formula is C10H10Cl2N4O. The lowest BCUT2D eigenvalue weighted by Gasteiger charge is -2.04. The Morgan fingerprint density at radius 1 is 1.41 bits per heavy atom. The second-order valence-electron chi connectivity index (χ2n) is 3.66.